The molecule has 2 N–H and O–H groups in total. The van der Waals surface area contributed by atoms with Gasteiger partial charge < -0.3 is 10.1 Å². The second-order valence-electron chi connectivity index (χ2n) is 6.97. The maximum atomic E-state index is 9.74. The van der Waals surface area contributed by atoms with E-state index in [9.17, 15) is 10.5 Å². The van der Waals surface area contributed by atoms with Gasteiger partial charge in [-0.25, -0.2) is 0 Å². The van der Waals surface area contributed by atoms with Crippen LogP contribution in [0.2, 0.25) is 0 Å². The van der Waals surface area contributed by atoms with Crippen molar-refractivity contribution in [1.82, 2.24) is 15.5 Å². The van der Waals surface area contributed by atoms with Crippen LogP contribution in [0.25, 0.3) is 22.2 Å². The summed E-state index contributed by atoms with van der Waals surface area (Å²) < 4.78 is 5.34. The van der Waals surface area contributed by atoms with E-state index in [-0.39, 0.29) is 0 Å². The highest BCUT2D eigenvalue weighted by atomic mass is 16.5. The van der Waals surface area contributed by atoms with Gasteiger partial charge in [0.15, 0.2) is 0 Å². The second kappa shape index (κ2) is 7.18. The fourth-order valence-corrected chi connectivity index (χ4v) is 3.83. The molecule has 0 unspecified atom stereocenters. The molecule has 29 heavy (non-hydrogen) atoms. The van der Waals surface area contributed by atoms with E-state index in [4.69, 9.17) is 4.74 Å². The zero-order chi connectivity index (χ0) is 20.5. The van der Waals surface area contributed by atoms with Crippen LogP contribution in [-0.2, 0) is 0 Å². The Balaban J connectivity index is 1.90. The third-order valence-corrected chi connectivity index (χ3v) is 5.26. The van der Waals surface area contributed by atoms with Gasteiger partial charge in [-0.2, -0.15) is 15.6 Å². The summed E-state index contributed by atoms with van der Waals surface area (Å²) in [6.45, 7) is 3.72. The average Bonchev–Trinajstić information content (AvgIpc) is 3.16. The van der Waals surface area contributed by atoms with Gasteiger partial charge in [-0.1, -0.05) is 18.2 Å². The predicted octanol–water partition coefficient (Wildman–Crippen LogP) is 4.52. The molecule has 6 nitrogen and oxygen atoms in total. The number of nitriles is 2. The monoisotopic (exact) mass is 381 g/mol. The number of hydrogen-bond donors (Lipinski definition) is 2. The number of nitrogens with zero attached hydrogens (tertiary/aromatic N) is 3. The van der Waals surface area contributed by atoms with Crippen LogP contribution in [0.5, 0.6) is 5.75 Å². The number of dihydropyridines is 1. The average molecular weight is 381 g/mol. The summed E-state index contributed by atoms with van der Waals surface area (Å²) >= 11 is 0. The molecule has 0 bridgehead atoms. The maximum Gasteiger partial charge on any atom is 0.119 e. The zero-order valence-corrected chi connectivity index (χ0v) is 16.4. The molecule has 6 heteroatoms. The molecule has 0 radical (unpaired) electrons. The van der Waals surface area contributed by atoms with Crippen LogP contribution in [0.1, 0.15) is 25.3 Å². The molecule has 0 saturated heterocycles. The molecule has 2 heterocycles. The van der Waals surface area contributed by atoms with Gasteiger partial charge >= 0.3 is 0 Å². The number of rotatable bonds is 3. The number of allylic oxidation sites excluding steroid dienone is 4. The fourth-order valence-electron chi connectivity index (χ4n) is 3.83. The van der Waals surface area contributed by atoms with Gasteiger partial charge in [0, 0.05) is 22.3 Å². The molecule has 0 atom stereocenters. The lowest BCUT2D eigenvalue weighted by molar-refractivity contribution is 0.415. The predicted molar refractivity (Wildman–Crippen MR) is 111 cm³/mol. The van der Waals surface area contributed by atoms with E-state index >= 15 is 0 Å². The van der Waals surface area contributed by atoms with E-state index in [2.05, 4.69) is 27.7 Å². The van der Waals surface area contributed by atoms with Gasteiger partial charge in [0.25, 0.3) is 0 Å². The molecule has 0 saturated carbocycles. The number of fused-ring (bicyclic) bond motifs is 1. The first kappa shape index (κ1) is 18.3. The molecule has 142 valence electrons. The normalized spacial score (nSPS) is 14.5. The van der Waals surface area contributed by atoms with Gasteiger partial charge in [0.2, 0.25) is 0 Å². The second-order valence-corrected chi connectivity index (χ2v) is 6.97. The lowest BCUT2D eigenvalue weighted by Gasteiger charge is -2.26. The van der Waals surface area contributed by atoms with Crippen LogP contribution in [-0.4, -0.2) is 17.3 Å². The molecule has 0 aliphatic carbocycles. The molecule has 3 aromatic rings. The number of ether oxygens (including phenoxy) is 1. The summed E-state index contributed by atoms with van der Waals surface area (Å²) in [5.41, 5.74) is 6.15. The number of H-pyrrole nitrogens is 1. The zero-order valence-electron chi connectivity index (χ0n) is 16.4. The maximum absolute atomic E-state index is 9.74. The van der Waals surface area contributed by atoms with E-state index in [1.54, 1.807) is 7.11 Å². The van der Waals surface area contributed by atoms with Crippen LogP contribution < -0.4 is 10.1 Å². The highest BCUT2D eigenvalue weighted by Crippen LogP contribution is 2.39. The van der Waals surface area contributed by atoms with Gasteiger partial charge in [-0.3, -0.25) is 5.10 Å². The quantitative estimate of drug-likeness (QED) is 0.695. The fraction of sp³-hybridized carbons (Fsp3) is 0.174. The minimum Gasteiger partial charge on any atom is -0.497 e. The molecule has 1 aliphatic rings. The Morgan fingerprint density at radius 2 is 1.72 bits per heavy atom. The van der Waals surface area contributed by atoms with E-state index in [1.807, 2.05) is 56.3 Å². The summed E-state index contributed by atoms with van der Waals surface area (Å²) in [6.07, 6.45) is 0. The number of aromatic nitrogens is 2. The molecular formula is C23H19N5O. The van der Waals surface area contributed by atoms with Crippen molar-refractivity contribution >= 4 is 10.9 Å². The van der Waals surface area contributed by atoms with Crippen LogP contribution in [0.15, 0.2) is 65.0 Å². The van der Waals surface area contributed by atoms with Gasteiger partial charge in [0.1, 0.15) is 11.4 Å². The summed E-state index contributed by atoms with van der Waals surface area (Å²) in [7, 11) is 1.63. The summed E-state index contributed by atoms with van der Waals surface area (Å²) in [6, 6.07) is 18.2. The number of nitrogens with one attached hydrogen (secondary N) is 2. The Labute approximate surface area is 168 Å². The summed E-state index contributed by atoms with van der Waals surface area (Å²) in [5.74, 6) is 0.354. The molecule has 0 spiro atoms. The minimum absolute atomic E-state index is 0.399. The topological polar surface area (TPSA) is 97.5 Å². The third kappa shape index (κ3) is 3.01. The number of hydrogen-bond acceptors (Lipinski definition) is 5. The van der Waals surface area contributed by atoms with Crippen LogP contribution in [0, 0.1) is 22.7 Å². The first-order chi connectivity index (χ1) is 14.1. The van der Waals surface area contributed by atoms with Crippen LogP contribution in [0.3, 0.4) is 0 Å². The van der Waals surface area contributed by atoms with Crippen molar-refractivity contribution in [3.63, 3.8) is 0 Å². The van der Waals surface area contributed by atoms with E-state index < -0.39 is 5.92 Å². The van der Waals surface area contributed by atoms with Crippen molar-refractivity contribution in [2.24, 2.45) is 0 Å². The largest absolute Gasteiger partial charge is 0.497 e. The van der Waals surface area contributed by atoms with Crippen molar-refractivity contribution in [2.45, 2.75) is 19.8 Å². The first-order valence-corrected chi connectivity index (χ1v) is 9.18. The smallest absolute Gasteiger partial charge is 0.119 e. The van der Waals surface area contributed by atoms with E-state index in [0.29, 0.717) is 11.1 Å². The third-order valence-electron chi connectivity index (χ3n) is 5.26. The highest BCUT2D eigenvalue weighted by molar-refractivity contribution is 5.93. The van der Waals surface area contributed by atoms with E-state index in [0.717, 1.165) is 44.9 Å². The lowest BCUT2D eigenvalue weighted by atomic mass is 9.81. The Morgan fingerprint density at radius 1 is 1.00 bits per heavy atom. The van der Waals surface area contributed by atoms with Crippen molar-refractivity contribution in [3.05, 3.63) is 70.6 Å². The summed E-state index contributed by atoms with van der Waals surface area (Å²) in [5, 5.41) is 31.1. The molecule has 0 fully saturated rings. The Hall–Kier alpha value is -4.03. The first-order valence-electron chi connectivity index (χ1n) is 9.18. The van der Waals surface area contributed by atoms with Crippen molar-refractivity contribution < 1.29 is 4.74 Å². The summed E-state index contributed by atoms with van der Waals surface area (Å²) in [4.78, 5) is 0. The Morgan fingerprint density at radius 3 is 2.38 bits per heavy atom. The SMILES string of the molecule is COc1cccc(-c2n[nH]c3ccc(C4C(C#N)=C(C)NC(C)=C4C#N)cc23)c1. The Kier molecular flexibility index (Phi) is 4.54. The standard InChI is InChI=1S/C23H19N5O/c1-13-19(11-24)22(20(12-25)14(2)26-13)15-7-8-21-18(10-15)23(28-27-21)16-5-4-6-17(9-16)29-3/h4-10,22,26H,1-3H3,(H,27,28). The molecule has 1 aromatic heterocycles. The van der Waals surface area contributed by atoms with Crippen molar-refractivity contribution in [1.29, 1.82) is 10.5 Å². The van der Waals surface area contributed by atoms with Crippen molar-refractivity contribution in [2.75, 3.05) is 7.11 Å². The van der Waals surface area contributed by atoms with Gasteiger partial charge in [-0.05, 0) is 43.7 Å². The van der Waals surface area contributed by atoms with E-state index in [1.165, 1.54) is 0 Å². The Bertz CT molecular complexity index is 1230. The molecule has 2 aromatic carbocycles. The van der Waals surface area contributed by atoms with Gasteiger partial charge in [-0.15, -0.1) is 0 Å². The van der Waals surface area contributed by atoms with Crippen LogP contribution in [0.4, 0.5) is 0 Å². The lowest BCUT2D eigenvalue weighted by Crippen LogP contribution is -2.23. The van der Waals surface area contributed by atoms with Crippen LogP contribution >= 0.6 is 0 Å². The minimum atomic E-state index is -0.399. The number of aromatic amines is 1. The number of methoxy groups -OCH3 is 1. The molecular weight excluding hydrogens is 362 g/mol. The molecule has 1 aliphatic heterocycles. The molecule has 0 amide bonds. The molecule has 4 rings (SSSR count). The van der Waals surface area contributed by atoms with Crippen molar-refractivity contribution in [3.8, 4) is 29.1 Å². The number of benzene rings is 2. The van der Waals surface area contributed by atoms with Gasteiger partial charge in [0.05, 0.1) is 41.8 Å². The highest BCUT2D eigenvalue weighted by Gasteiger charge is 2.29.